The van der Waals surface area contributed by atoms with Crippen LogP contribution < -0.4 is 5.32 Å². The van der Waals surface area contributed by atoms with Crippen molar-refractivity contribution in [2.45, 2.75) is 26.8 Å². The van der Waals surface area contributed by atoms with Crippen LogP contribution in [0, 0.1) is 5.41 Å². The molecule has 1 atom stereocenters. The fraction of sp³-hybridized carbons (Fsp3) is 0.600. The van der Waals surface area contributed by atoms with Crippen molar-refractivity contribution >= 4 is 24.8 Å². The lowest BCUT2D eigenvalue weighted by Crippen LogP contribution is -2.48. The number of hydrogen-bond acceptors (Lipinski definition) is 4. The van der Waals surface area contributed by atoms with Gasteiger partial charge in [-0.05, 0) is 23.1 Å². The molecule has 1 heterocycles. The van der Waals surface area contributed by atoms with Gasteiger partial charge in [0.25, 0.3) is 0 Å². The Kier molecular flexibility index (Phi) is 7.82. The molecule has 3 N–H and O–H groups in total. The molecule has 0 aliphatic carbocycles. The van der Waals surface area contributed by atoms with Gasteiger partial charge in [-0.15, -0.1) is 24.8 Å². The van der Waals surface area contributed by atoms with Gasteiger partial charge in [-0.2, -0.15) is 0 Å². The van der Waals surface area contributed by atoms with E-state index in [1.54, 1.807) is 12.1 Å². The Hall–Kier alpha value is -0.680. The summed E-state index contributed by atoms with van der Waals surface area (Å²) in [5.41, 5.74) is 1.02. The summed E-state index contributed by atoms with van der Waals surface area (Å²) in [5.74, 6) is 0.249. The summed E-state index contributed by atoms with van der Waals surface area (Å²) in [6.45, 7) is 10.5. The maximum Gasteiger partial charge on any atom is 0.119 e. The number of nitrogens with zero attached hydrogens (tertiary/aromatic N) is 1. The molecule has 0 amide bonds. The van der Waals surface area contributed by atoms with Gasteiger partial charge >= 0.3 is 0 Å². The molecule has 1 aliphatic heterocycles. The first-order valence-corrected chi connectivity index (χ1v) is 6.85. The first kappa shape index (κ1) is 20.3. The first-order chi connectivity index (χ1) is 8.88. The van der Waals surface area contributed by atoms with Crippen LogP contribution in [0.3, 0.4) is 0 Å². The number of nitrogens with one attached hydrogen (secondary N) is 1. The molecule has 4 nitrogen and oxygen atoms in total. The van der Waals surface area contributed by atoms with E-state index in [4.69, 9.17) is 0 Å². The fourth-order valence-corrected chi connectivity index (χ4v) is 2.97. The molecule has 1 fully saturated rings. The van der Waals surface area contributed by atoms with Gasteiger partial charge < -0.3 is 15.5 Å². The summed E-state index contributed by atoms with van der Waals surface area (Å²) < 4.78 is 0. The number of piperazine rings is 1. The van der Waals surface area contributed by atoms with E-state index < -0.39 is 0 Å². The van der Waals surface area contributed by atoms with E-state index in [2.05, 4.69) is 31.0 Å². The number of rotatable bonds is 2. The van der Waals surface area contributed by atoms with Gasteiger partial charge in [0.05, 0.1) is 0 Å². The Bertz CT molecular complexity index is 424. The normalized spacial score (nSPS) is 17.5. The van der Waals surface area contributed by atoms with E-state index >= 15 is 0 Å². The second-order valence-corrected chi connectivity index (χ2v) is 6.34. The van der Waals surface area contributed by atoms with Crippen LogP contribution in [0.4, 0.5) is 0 Å². The van der Waals surface area contributed by atoms with E-state index in [-0.39, 0.29) is 47.8 Å². The fourth-order valence-electron chi connectivity index (χ4n) is 2.97. The number of aromatic hydroxyl groups is 2. The van der Waals surface area contributed by atoms with Crippen LogP contribution in [0.5, 0.6) is 11.5 Å². The summed E-state index contributed by atoms with van der Waals surface area (Å²) in [4.78, 5) is 2.42. The van der Waals surface area contributed by atoms with Crippen molar-refractivity contribution in [2.75, 3.05) is 26.2 Å². The average molecular weight is 337 g/mol. The highest BCUT2D eigenvalue weighted by atomic mass is 35.5. The molecular formula is C15H26Cl2N2O2. The van der Waals surface area contributed by atoms with E-state index in [1.807, 2.05) is 0 Å². The Balaban J connectivity index is 0.00000200. The molecule has 1 aromatic rings. The van der Waals surface area contributed by atoms with Gasteiger partial charge in [-0.3, -0.25) is 4.90 Å². The third kappa shape index (κ3) is 5.22. The van der Waals surface area contributed by atoms with Crippen molar-refractivity contribution in [2.24, 2.45) is 5.41 Å². The van der Waals surface area contributed by atoms with Crippen LogP contribution in [0.2, 0.25) is 0 Å². The number of benzene rings is 1. The van der Waals surface area contributed by atoms with Gasteiger partial charge in [0.15, 0.2) is 0 Å². The van der Waals surface area contributed by atoms with E-state index in [1.165, 1.54) is 6.07 Å². The molecule has 21 heavy (non-hydrogen) atoms. The molecule has 1 aromatic carbocycles. The lowest BCUT2D eigenvalue weighted by atomic mass is 9.81. The predicted molar refractivity (Wildman–Crippen MR) is 90.9 cm³/mol. The third-order valence-electron chi connectivity index (χ3n) is 3.58. The minimum atomic E-state index is 0. The van der Waals surface area contributed by atoms with Crippen molar-refractivity contribution < 1.29 is 10.2 Å². The quantitative estimate of drug-likeness (QED) is 0.777. The second kappa shape index (κ2) is 8.08. The molecule has 0 unspecified atom stereocenters. The highest BCUT2D eigenvalue weighted by molar-refractivity contribution is 5.85. The zero-order valence-electron chi connectivity index (χ0n) is 12.8. The minimum Gasteiger partial charge on any atom is -0.508 e. The zero-order valence-corrected chi connectivity index (χ0v) is 14.4. The molecule has 0 aromatic heterocycles. The Labute approximate surface area is 139 Å². The Morgan fingerprint density at radius 1 is 1.00 bits per heavy atom. The molecule has 6 heteroatoms. The van der Waals surface area contributed by atoms with Gasteiger partial charge in [0, 0.05) is 38.3 Å². The van der Waals surface area contributed by atoms with Gasteiger partial charge in [-0.1, -0.05) is 20.8 Å². The molecule has 122 valence electrons. The van der Waals surface area contributed by atoms with Crippen LogP contribution >= 0.6 is 24.8 Å². The van der Waals surface area contributed by atoms with Crippen LogP contribution in [0.15, 0.2) is 18.2 Å². The van der Waals surface area contributed by atoms with E-state index in [9.17, 15) is 10.2 Å². The molecule has 1 saturated heterocycles. The first-order valence-electron chi connectivity index (χ1n) is 6.85. The number of phenolic OH excluding ortho intramolecular Hbond substituents is 2. The third-order valence-corrected chi connectivity index (χ3v) is 3.58. The van der Waals surface area contributed by atoms with E-state index in [0.29, 0.717) is 0 Å². The summed E-state index contributed by atoms with van der Waals surface area (Å²) >= 11 is 0. The Morgan fingerprint density at radius 2 is 1.48 bits per heavy atom. The highest BCUT2D eigenvalue weighted by Crippen LogP contribution is 2.40. The van der Waals surface area contributed by atoms with Gasteiger partial charge in [0.2, 0.25) is 0 Å². The second-order valence-electron chi connectivity index (χ2n) is 6.34. The van der Waals surface area contributed by atoms with Crippen molar-refractivity contribution in [3.05, 3.63) is 23.8 Å². The molecule has 0 radical (unpaired) electrons. The van der Waals surface area contributed by atoms with Crippen molar-refractivity contribution in [1.29, 1.82) is 0 Å². The summed E-state index contributed by atoms with van der Waals surface area (Å²) in [5, 5.41) is 22.8. The molecule has 0 bridgehead atoms. The van der Waals surface area contributed by atoms with Crippen LogP contribution in [0.1, 0.15) is 32.4 Å². The summed E-state index contributed by atoms with van der Waals surface area (Å²) in [7, 11) is 0. The lowest BCUT2D eigenvalue weighted by Gasteiger charge is -2.42. The van der Waals surface area contributed by atoms with Crippen LogP contribution in [-0.2, 0) is 0 Å². The largest absolute Gasteiger partial charge is 0.508 e. The minimum absolute atomic E-state index is 0. The predicted octanol–water partition coefficient (Wildman–Crippen LogP) is 2.93. The molecule has 2 rings (SSSR count). The topological polar surface area (TPSA) is 55.7 Å². The van der Waals surface area contributed by atoms with E-state index in [0.717, 1.165) is 31.7 Å². The zero-order chi connectivity index (χ0) is 14.0. The van der Waals surface area contributed by atoms with Crippen molar-refractivity contribution in [1.82, 2.24) is 10.2 Å². The Morgan fingerprint density at radius 3 is 1.90 bits per heavy atom. The van der Waals surface area contributed by atoms with Gasteiger partial charge in [0.1, 0.15) is 11.5 Å². The van der Waals surface area contributed by atoms with Crippen LogP contribution in [0.25, 0.3) is 0 Å². The smallest absolute Gasteiger partial charge is 0.119 e. The number of halogens is 2. The van der Waals surface area contributed by atoms with Crippen molar-refractivity contribution in [3.8, 4) is 11.5 Å². The maximum absolute atomic E-state index is 9.72. The molecular weight excluding hydrogens is 311 g/mol. The van der Waals surface area contributed by atoms with Crippen LogP contribution in [-0.4, -0.2) is 41.3 Å². The summed E-state index contributed by atoms with van der Waals surface area (Å²) in [6.07, 6.45) is 0. The molecule has 0 saturated carbocycles. The SMILES string of the molecule is CC(C)(C)[C@@H](c1cc(O)cc(O)c1)N1CCNCC1.Cl.Cl. The highest BCUT2D eigenvalue weighted by Gasteiger charge is 2.32. The standard InChI is InChI=1S/C15H24N2O2.2ClH/c1-15(2,3)14(17-6-4-16-5-7-17)11-8-12(18)10-13(19)9-11;;/h8-10,14,16,18-19H,4-7H2,1-3H3;2*1H/t14-;;/m1../s1. The average Bonchev–Trinajstić information content (AvgIpc) is 2.27. The monoisotopic (exact) mass is 336 g/mol. The van der Waals surface area contributed by atoms with Gasteiger partial charge in [-0.25, -0.2) is 0 Å². The van der Waals surface area contributed by atoms with Crippen molar-refractivity contribution in [3.63, 3.8) is 0 Å². The lowest BCUT2D eigenvalue weighted by molar-refractivity contribution is 0.0859. The molecule has 0 spiro atoms. The number of phenols is 2. The summed E-state index contributed by atoms with van der Waals surface area (Å²) in [6, 6.07) is 5.09. The number of hydrogen-bond donors (Lipinski definition) is 3. The molecule has 1 aliphatic rings. The maximum atomic E-state index is 9.72.